The molecule has 9 heteroatoms. The summed E-state index contributed by atoms with van der Waals surface area (Å²) in [5.74, 6) is 2.41. The second kappa shape index (κ2) is 7.03. The molecule has 0 radical (unpaired) electrons. The topological polar surface area (TPSA) is 90.4 Å². The minimum atomic E-state index is 0.693. The van der Waals surface area contributed by atoms with Crippen molar-refractivity contribution >= 4 is 34.2 Å². The molecule has 5 rings (SSSR count). The Labute approximate surface area is 173 Å². The summed E-state index contributed by atoms with van der Waals surface area (Å²) in [6, 6.07) is 16.0. The molecule has 1 aromatic carbocycles. The van der Waals surface area contributed by atoms with Crippen LogP contribution in [0, 0.1) is 0 Å². The molecule has 0 aliphatic rings. The number of benzene rings is 1. The largest absolute Gasteiger partial charge is 0.340 e. The predicted octanol–water partition coefficient (Wildman–Crippen LogP) is 3.59. The van der Waals surface area contributed by atoms with Gasteiger partial charge in [0.05, 0.1) is 29.2 Å². The Hall–Kier alpha value is -4.14. The smallest absolute Gasteiger partial charge is 0.162 e. The number of rotatable bonds is 5. The highest BCUT2D eigenvalue weighted by Crippen LogP contribution is 2.30. The van der Waals surface area contributed by atoms with Gasteiger partial charge in [0.2, 0.25) is 0 Å². The van der Waals surface area contributed by atoms with Gasteiger partial charge in [0.1, 0.15) is 17.5 Å². The van der Waals surface area contributed by atoms with Crippen LogP contribution in [0.15, 0.2) is 60.9 Å². The average molecular weight is 399 g/mol. The summed E-state index contributed by atoms with van der Waals surface area (Å²) in [4.78, 5) is 4.75. The van der Waals surface area contributed by atoms with E-state index in [2.05, 4.69) is 25.9 Å². The second-order valence-corrected chi connectivity index (χ2v) is 7.06. The van der Waals surface area contributed by atoms with Gasteiger partial charge in [-0.2, -0.15) is 15.3 Å². The van der Waals surface area contributed by atoms with Gasteiger partial charge >= 0.3 is 0 Å². The van der Waals surface area contributed by atoms with Gasteiger partial charge in [0.15, 0.2) is 5.65 Å². The second-order valence-electron chi connectivity index (χ2n) is 7.06. The molecule has 0 unspecified atom stereocenters. The lowest BCUT2D eigenvalue weighted by Gasteiger charge is -2.11. The summed E-state index contributed by atoms with van der Waals surface area (Å²) >= 11 is 0. The molecule has 4 heterocycles. The first kappa shape index (κ1) is 17.9. The molecule has 0 fully saturated rings. The Bertz CT molecular complexity index is 1330. The fraction of sp³-hybridized carbons (Fsp3) is 0.143. The molecule has 5 aromatic rings. The van der Waals surface area contributed by atoms with Crippen LogP contribution in [0.5, 0.6) is 0 Å². The minimum absolute atomic E-state index is 0.693. The van der Waals surface area contributed by atoms with E-state index in [1.165, 1.54) is 0 Å². The molecular formula is C21H21N9. The molecule has 0 aliphatic carbocycles. The molecule has 0 atom stereocenters. The van der Waals surface area contributed by atoms with Gasteiger partial charge in [0, 0.05) is 44.9 Å². The van der Waals surface area contributed by atoms with E-state index in [0.717, 1.165) is 39.6 Å². The number of aryl methyl sites for hydroxylation is 3. The summed E-state index contributed by atoms with van der Waals surface area (Å²) in [5, 5.41) is 21.0. The summed E-state index contributed by atoms with van der Waals surface area (Å²) in [7, 11) is 5.68. The Balaban J connectivity index is 1.53. The Morgan fingerprint density at radius 3 is 2.40 bits per heavy atom. The molecule has 0 spiro atoms. The molecule has 0 amide bonds. The maximum atomic E-state index is 4.75. The van der Waals surface area contributed by atoms with E-state index < -0.39 is 0 Å². The first-order valence-electron chi connectivity index (χ1n) is 9.53. The van der Waals surface area contributed by atoms with Crippen molar-refractivity contribution in [2.45, 2.75) is 0 Å². The molecule has 2 N–H and O–H groups in total. The summed E-state index contributed by atoms with van der Waals surface area (Å²) in [6.45, 7) is 0. The number of pyridine rings is 1. The highest BCUT2D eigenvalue weighted by Gasteiger charge is 2.13. The van der Waals surface area contributed by atoms with Gasteiger partial charge < -0.3 is 10.6 Å². The van der Waals surface area contributed by atoms with Crippen molar-refractivity contribution in [3.63, 3.8) is 0 Å². The number of aromatic nitrogens is 7. The zero-order valence-electron chi connectivity index (χ0n) is 16.9. The average Bonchev–Trinajstić information content (AvgIpc) is 3.43. The molecule has 150 valence electrons. The van der Waals surface area contributed by atoms with Gasteiger partial charge in [-0.1, -0.05) is 30.3 Å². The van der Waals surface area contributed by atoms with Crippen LogP contribution in [0.1, 0.15) is 0 Å². The quantitative estimate of drug-likeness (QED) is 0.469. The van der Waals surface area contributed by atoms with E-state index in [9.17, 15) is 0 Å². The van der Waals surface area contributed by atoms with Crippen LogP contribution in [0.25, 0.3) is 22.3 Å². The maximum absolute atomic E-state index is 4.75. The van der Waals surface area contributed by atoms with E-state index in [-0.39, 0.29) is 0 Å². The third-order valence-corrected chi connectivity index (χ3v) is 4.99. The van der Waals surface area contributed by atoms with E-state index >= 15 is 0 Å². The fourth-order valence-corrected chi connectivity index (χ4v) is 3.38. The van der Waals surface area contributed by atoms with E-state index in [1.807, 2.05) is 80.6 Å². The van der Waals surface area contributed by atoms with Crippen LogP contribution in [0.3, 0.4) is 0 Å². The summed E-state index contributed by atoms with van der Waals surface area (Å²) < 4.78 is 5.35. The minimum Gasteiger partial charge on any atom is -0.340 e. The Morgan fingerprint density at radius 2 is 1.63 bits per heavy atom. The van der Waals surface area contributed by atoms with Gasteiger partial charge in [0.25, 0.3) is 0 Å². The molecule has 9 nitrogen and oxygen atoms in total. The molecule has 4 aromatic heterocycles. The van der Waals surface area contributed by atoms with Gasteiger partial charge in [-0.15, -0.1) is 0 Å². The molecular weight excluding hydrogens is 378 g/mol. The van der Waals surface area contributed by atoms with Crippen molar-refractivity contribution in [2.24, 2.45) is 21.1 Å². The van der Waals surface area contributed by atoms with Crippen LogP contribution in [0.2, 0.25) is 0 Å². The fourth-order valence-electron chi connectivity index (χ4n) is 3.38. The molecule has 30 heavy (non-hydrogen) atoms. The van der Waals surface area contributed by atoms with Crippen molar-refractivity contribution in [1.29, 1.82) is 0 Å². The van der Waals surface area contributed by atoms with Crippen molar-refractivity contribution in [3.05, 3.63) is 60.9 Å². The zero-order chi connectivity index (χ0) is 20.7. The van der Waals surface area contributed by atoms with Gasteiger partial charge in [-0.05, 0) is 0 Å². The van der Waals surface area contributed by atoms with Crippen molar-refractivity contribution in [1.82, 2.24) is 34.3 Å². The van der Waals surface area contributed by atoms with Crippen LogP contribution in [0.4, 0.5) is 23.1 Å². The monoisotopic (exact) mass is 399 g/mol. The Morgan fingerprint density at radius 1 is 0.800 bits per heavy atom. The highest BCUT2D eigenvalue weighted by molar-refractivity contribution is 5.92. The van der Waals surface area contributed by atoms with E-state index in [1.54, 1.807) is 15.6 Å². The van der Waals surface area contributed by atoms with Crippen LogP contribution < -0.4 is 10.6 Å². The lowest BCUT2D eigenvalue weighted by Crippen LogP contribution is -2.04. The number of hydrogen-bond donors (Lipinski definition) is 2. The lowest BCUT2D eigenvalue weighted by atomic mass is 10.1. The molecule has 0 aliphatic heterocycles. The third-order valence-electron chi connectivity index (χ3n) is 4.99. The van der Waals surface area contributed by atoms with Crippen LogP contribution in [-0.2, 0) is 21.1 Å². The number of nitrogens with one attached hydrogen (secondary N) is 2. The Kier molecular flexibility index (Phi) is 4.20. The summed E-state index contributed by atoms with van der Waals surface area (Å²) in [5.41, 5.74) is 3.63. The normalized spacial score (nSPS) is 11.2. The van der Waals surface area contributed by atoms with Gasteiger partial charge in [-0.25, -0.2) is 4.98 Å². The molecule has 0 saturated heterocycles. The van der Waals surface area contributed by atoms with Crippen LogP contribution >= 0.6 is 0 Å². The number of hydrogen-bond acceptors (Lipinski definition) is 6. The highest BCUT2D eigenvalue weighted by atomic mass is 15.3. The number of fused-ring (bicyclic) bond motifs is 1. The van der Waals surface area contributed by atoms with Crippen molar-refractivity contribution in [2.75, 3.05) is 10.6 Å². The van der Waals surface area contributed by atoms with Crippen molar-refractivity contribution < 1.29 is 0 Å². The van der Waals surface area contributed by atoms with E-state index in [0.29, 0.717) is 5.82 Å². The molecule has 0 saturated carbocycles. The maximum Gasteiger partial charge on any atom is 0.162 e. The SMILES string of the molecule is Cn1nc(-c2ccccc2)cc1Nc1cc(Nc2ccnn2C)c2cnn(C)c2n1. The first-order chi connectivity index (χ1) is 14.6. The third kappa shape index (κ3) is 3.16. The van der Waals surface area contributed by atoms with Crippen LogP contribution in [-0.4, -0.2) is 34.3 Å². The predicted molar refractivity (Wildman–Crippen MR) is 117 cm³/mol. The number of anilines is 4. The zero-order valence-corrected chi connectivity index (χ0v) is 16.9. The molecule has 0 bridgehead atoms. The number of nitrogens with zero attached hydrogens (tertiary/aromatic N) is 7. The first-order valence-corrected chi connectivity index (χ1v) is 9.53. The lowest BCUT2D eigenvalue weighted by molar-refractivity contribution is 0.776. The van der Waals surface area contributed by atoms with Crippen molar-refractivity contribution in [3.8, 4) is 11.3 Å². The summed E-state index contributed by atoms with van der Waals surface area (Å²) in [6.07, 6.45) is 3.56. The van der Waals surface area contributed by atoms with Gasteiger partial charge in [-0.3, -0.25) is 14.0 Å². The van der Waals surface area contributed by atoms with E-state index in [4.69, 9.17) is 4.98 Å². The standard InChI is InChI=1S/C21H21N9/c1-28-19(9-10-22-28)24-17-11-18(26-21-15(17)13-23-30(21)3)25-20-12-16(27-29(20)2)14-7-5-4-6-8-14/h4-13H,1-3H3,(H2,24,25,26).